The number of rotatable bonds is 9. The van der Waals surface area contributed by atoms with Crippen molar-refractivity contribution < 1.29 is 19.4 Å². The number of aryl methyl sites for hydroxylation is 1. The number of aliphatic hydroxyl groups excluding tert-OH is 1. The number of benzene rings is 2. The lowest BCUT2D eigenvalue weighted by Crippen LogP contribution is -2.31. The number of carbonyl (C=O) groups is 2. The summed E-state index contributed by atoms with van der Waals surface area (Å²) < 4.78 is 7.56. The summed E-state index contributed by atoms with van der Waals surface area (Å²) in [6, 6.07) is 12.9. The molecule has 1 atom stereocenters. The first-order chi connectivity index (χ1) is 16.5. The first kappa shape index (κ1) is 23.3. The number of halogens is 1. The fourth-order valence-electron chi connectivity index (χ4n) is 3.99. The van der Waals surface area contributed by atoms with Crippen molar-refractivity contribution in [3.63, 3.8) is 0 Å². The van der Waals surface area contributed by atoms with Gasteiger partial charge in [-0.05, 0) is 48.4 Å². The lowest BCUT2D eigenvalue weighted by atomic mass is 9.95. The summed E-state index contributed by atoms with van der Waals surface area (Å²) in [5, 5.41) is 11.6. The Hall–Kier alpha value is -3.84. The molecule has 0 bridgehead atoms. The Morgan fingerprint density at radius 2 is 1.97 bits per heavy atom. The van der Waals surface area contributed by atoms with E-state index in [4.69, 9.17) is 16.3 Å². The van der Waals surface area contributed by atoms with Gasteiger partial charge in [-0.1, -0.05) is 36.4 Å². The summed E-state index contributed by atoms with van der Waals surface area (Å²) in [6.07, 6.45) is 7.47. The number of imidazole rings is 1. The monoisotopic (exact) mass is 477 g/mol. The molecular weight excluding hydrogens is 454 g/mol. The summed E-state index contributed by atoms with van der Waals surface area (Å²) in [7, 11) is 0. The van der Waals surface area contributed by atoms with Crippen LogP contribution in [0, 0.1) is 0 Å². The molecule has 0 aliphatic carbocycles. The molecule has 3 aromatic rings. The molecule has 1 N–H and O–H groups in total. The molecule has 1 aliphatic rings. The summed E-state index contributed by atoms with van der Waals surface area (Å²) in [4.78, 5) is 31.8. The maximum atomic E-state index is 13.1. The fraction of sp³-hybridized carbons (Fsp3) is 0.192. The largest absolute Gasteiger partial charge is 0.507 e. The van der Waals surface area contributed by atoms with Crippen molar-refractivity contribution in [2.45, 2.75) is 19.0 Å². The first-order valence-corrected chi connectivity index (χ1v) is 11.2. The van der Waals surface area contributed by atoms with Gasteiger partial charge in [0.25, 0.3) is 11.7 Å². The maximum absolute atomic E-state index is 13.1. The molecule has 174 valence electrons. The average molecular weight is 478 g/mol. The predicted molar refractivity (Wildman–Crippen MR) is 129 cm³/mol. The molecule has 2 aromatic carbocycles. The summed E-state index contributed by atoms with van der Waals surface area (Å²) in [5.41, 5.74) is 1.11. The van der Waals surface area contributed by atoms with Gasteiger partial charge in [0.05, 0.1) is 17.9 Å². The van der Waals surface area contributed by atoms with Crippen LogP contribution in [0.5, 0.6) is 5.75 Å². The zero-order chi connectivity index (χ0) is 24.1. The molecule has 2 heterocycles. The number of amides is 1. The van der Waals surface area contributed by atoms with E-state index in [1.165, 1.54) is 4.90 Å². The molecule has 1 unspecified atom stereocenters. The van der Waals surface area contributed by atoms with Gasteiger partial charge < -0.3 is 19.3 Å². The van der Waals surface area contributed by atoms with Gasteiger partial charge in [0.15, 0.2) is 0 Å². The number of aliphatic hydroxyl groups is 1. The molecule has 0 saturated carbocycles. The second kappa shape index (κ2) is 10.4. The lowest BCUT2D eigenvalue weighted by Gasteiger charge is -2.25. The van der Waals surface area contributed by atoms with Crippen LogP contribution < -0.4 is 4.74 Å². The van der Waals surface area contributed by atoms with Crippen LogP contribution in [0.25, 0.3) is 5.76 Å². The van der Waals surface area contributed by atoms with E-state index in [1.807, 2.05) is 16.8 Å². The van der Waals surface area contributed by atoms with Crippen molar-refractivity contribution in [3.8, 4) is 5.75 Å². The Morgan fingerprint density at radius 3 is 2.68 bits per heavy atom. The highest BCUT2D eigenvalue weighted by Gasteiger charge is 2.45. The van der Waals surface area contributed by atoms with Crippen LogP contribution in [-0.2, 0) is 16.1 Å². The van der Waals surface area contributed by atoms with Gasteiger partial charge in [0.1, 0.15) is 18.1 Å². The molecule has 1 amide bonds. The molecule has 1 saturated heterocycles. The minimum absolute atomic E-state index is 0.0378. The third-order valence-corrected chi connectivity index (χ3v) is 5.83. The number of aromatic nitrogens is 2. The van der Waals surface area contributed by atoms with Gasteiger partial charge in [-0.3, -0.25) is 9.59 Å². The van der Waals surface area contributed by atoms with E-state index in [0.717, 1.165) is 0 Å². The molecule has 8 heteroatoms. The Kier molecular flexibility index (Phi) is 7.13. The minimum atomic E-state index is -0.759. The van der Waals surface area contributed by atoms with Crippen molar-refractivity contribution in [1.82, 2.24) is 14.5 Å². The van der Waals surface area contributed by atoms with E-state index in [1.54, 1.807) is 61.1 Å². The van der Waals surface area contributed by atoms with Crippen molar-refractivity contribution >= 4 is 29.1 Å². The molecule has 4 rings (SSSR count). The van der Waals surface area contributed by atoms with Crippen LogP contribution in [0.3, 0.4) is 0 Å². The van der Waals surface area contributed by atoms with Crippen molar-refractivity contribution in [3.05, 3.63) is 102 Å². The summed E-state index contributed by atoms with van der Waals surface area (Å²) >= 11 is 5.98. The fourth-order valence-corrected chi connectivity index (χ4v) is 4.12. The molecule has 0 spiro atoms. The third-order valence-electron chi connectivity index (χ3n) is 5.57. The zero-order valence-electron chi connectivity index (χ0n) is 18.4. The second-order valence-corrected chi connectivity index (χ2v) is 8.26. The van der Waals surface area contributed by atoms with Gasteiger partial charge in [0, 0.05) is 36.1 Å². The number of hydrogen-bond donors (Lipinski definition) is 1. The maximum Gasteiger partial charge on any atom is 0.295 e. The molecule has 7 nitrogen and oxygen atoms in total. The molecule has 34 heavy (non-hydrogen) atoms. The second-order valence-electron chi connectivity index (χ2n) is 7.83. The Labute approximate surface area is 202 Å². The first-order valence-electron chi connectivity index (χ1n) is 10.8. The number of ether oxygens (including phenoxy) is 1. The number of ketones is 1. The van der Waals surface area contributed by atoms with Gasteiger partial charge in [-0.25, -0.2) is 4.98 Å². The number of likely N-dealkylation sites (tertiary alicyclic amines) is 1. The smallest absolute Gasteiger partial charge is 0.295 e. The number of nitrogens with zero attached hydrogens (tertiary/aromatic N) is 3. The molecule has 1 aliphatic heterocycles. The Morgan fingerprint density at radius 1 is 1.18 bits per heavy atom. The van der Waals surface area contributed by atoms with Gasteiger partial charge in [-0.15, -0.1) is 0 Å². The molecular formula is C26H24ClN3O4. The SMILES string of the molecule is C=CCOc1cccc(C2C(=C(O)c3ccc(Cl)cc3)C(=O)C(=O)N2CCCn2ccnc2)c1. The summed E-state index contributed by atoms with van der Waals surface area (Å²) in [6.45, 7) is 4.93. The third kappa shape index (κ3) is 4.89. The average Bonchev–Trinajstić information content (AvgIpc) is 3.45. The van der Waals surface area contributed by atoms with Gasteiger partial charge in [0.2, 0.25) is 0 Å². The number of carbonyl (C=O) groups excluding carboxylic acids is 2. The lowest BCUT2D eigenvalue weighted by molar-refractivity contribution is -0.139. The normalized spacial score (nSPS) is 17.2. The molecule has 1 fully saturated rings. The topological polar surface area (TPSA) is 84.7 Å². The quantitative estimate of drug-likeness (QED) is 0.210. The number of hydrogen-bond acceptors (Lipinski definition) is 5. The molecule has 0 radical (unpaired) electrons. The Bertz CT molecular complexity index is 1220. The number of Topliss-reactive ketones (excluding diaryl/α,β-unsaturated/α-hetero) is 1. The van der Waals surface area contributed by atoms with E-state index < -0.39 is 17.7 Å². The van der Waals surface area contributed by atoms with Crippen LogP contribution in [0.1, 0.15) is 23.6 Å². The van der Waals surface area contributed by atoms with Crippen LogP contribution in [0.15, 0.2) is 85.5 Å². The zero-order valence-corrected chi connectivity index (χ0v) is 19.2. The van der Waals surface area contributed by atoms with E-state index in [2.05, 4.69) is 11.6 Å². The van der Waals surface area contributed by atoms with Crippen LogP contribution in [0.2, 0.25) is 5.02 Å². The summed E-state index contributed by atoms with van der Waals surface area (Å²) in [5.74, 6) is -1.04. The standard InChI is InChI=1S/C26H24ClN3O4/c1-2-15-34-21-6-3-5-19(16-21)23-22(24(31)18-7-9-20(27)10-8-18)25(32)26(33)30(23)13-4-12-29-14-11-28-17-29/h2-3,5-11,14,16-17,23,31H,1,4,12-13,15H2. The van der Waals surface area contributed by atoms with Crippen molar-refractivity contribution in [1.29, 1.82) is 0 Å². The van der Waals surface area contributed by atoms with E-state index >= 15 is 0 Å². The highest BCUT2D eigenvalue weighted by Crippen LogP contribution is 2.40. The van der Waals surface area contributed by atoms with Crippen molar-refractivity contribution in [2.75, 3.05) is 13.2 Å². The molecule has 1 aromatic heterocycles. The van der Waals surface area contributed by atoms with Crippen LogP contribution in [-0.4, -0.2) is 44.4 Å². The van der Waals surface area contributed by atoms with Crippen LogP contribution >= 0.6 is 11.6 Å². The Balaban J connectivity index is 1.73. The highest BCUT2D eigenvalue weighted by molar-refractivity contribution is 6.46. The van der Waals surface area contributed by atoms with Crippen molar-refractivity contribution in [2.24, 2.45) is 0 Å². The van der Waals surface area contributed by atoms with E-state index in [9.17, 15) is 14.7 Å². The highest BCUT2D eigenvalue weighted by atomic mass is 35.5. The van der Waals surface area contributed by atoms with E-state index in [-0.39, 0.29) is 11.3 Å². The predicted octanol–water partition coefficient (Wildman–Crippen LogP) is 4.61. The van der Waals surface area contributed by atoms with Gasteiger partial charge >= 0.3 is 0 Å². The van der Waals surface area contributed by atoms with Gasteiger partial charge in [-0.2, -0.15) is 0 Å². The minimum Gasteiger partial charge on any atom is -0.507 e. The van der Waals surface area contributed by atoms with Crippen LogP contribution in [0.4, 0.5) is 0 Å². The van der Waals surface area contributed by atoms with E-state index in [0.29, 0.717) is 48.0 Å².